The van der Waals surface area contributed by atoms with Gasteiger partial charge < -0.3 is 14.8 Å². The predicted molar refractivity (Wildman–Crippen MR) is 73.3 cm³/mol. The zero-order valence-electron chi connectivity index (χ0n) is 11.5. The fourth-order valence-corrected chi connectivity index (χ4v) is 1.87. The number of ether oxygens (including phenoxy) is 2. The van der Waals surface area contributed by atoms with Crippen molar-refractivity contribution in [2.24, 2.45) is 0 Å². The van der Waals surface area contributed by atoms with E-state index in [0.717, 1.165) is 30.9 Å². The summed E-state index contributed by atoms with van der Waals surface area (Å²) in [5.74, 6) is 1.83. The molecule has 0 unspecified atom stereocenters. The van der Waals surface area contributed by atoms with Gasteiger partial charge in [0.2, 0.25) is 0 Å². The Morgan fingerprint density at radius 2 is 1.78 bits per heavy atom. The Morgan fingerprint density at radius 3 is 2.28 bits per heavy atom. The van der Waals surface area contributed by atoms with Gasteiger partial charge >= 0.3 is 0 Å². The molecule has 1 aliphatic rings. The summed E-state index contributed by atoms with van der Waals surface area (Å²) in [6.45, 7) is 7.93. The van der Waals surface area contributed by atoms with E-state index in [1.54, 1.807) is 0 Å². The molecule has 0 spiro atoms. The van der Waals surface area contributed by atoms with Crippen LogP contribution in [0.4, 0.5) is 0 Å². The Hall–Kier alpha value is -1.22. The van der Waals surface area contributed by atoms with E-state index in [0.29, 0.717) is 12.6 Å². The van der Waals surface area contributed by atoms with Crippen molar-refractivity contribution in [2.45, 2.75) is 45.3 Å². The number of rotatable bonds is 7. The number of benzene rings is 1. The SMILES string of the molecule is CCOc1ccc(OC2(CNC(C)C)CC2)cc1. The minimum absolute atomic E-state index is 0.0252. The van der Waals surface area contributed by atoms with Crippen molar-refractivity contribution in [2.75, 3.05) is 13.2 Å². The normalized spacial score (nSPS) is 16.7. The highest BCUT2D eigenvalue weighted by atomic mass is 16.5. The Morgan fingerprint density at radius 1 is 1.17 bits per heavy atom. The highest BCUT2D eigenvalue weighted by molar-refractivity contribution is 5.32. The quantitative estimate of drug-likeness (QED) is 0.806. The summed E-state index contributed by atoms with van der Waals surface area (Å²) >= 11 is 0. The third-order valence-corrected chi connectivity index (χ3v) is 3.11. The maximum absolute atomic E-state index is 6.08. The molecule has 1 aromatic carbocycles. The van der Waals surface area contributed by atoms with Gasteiger partial charge in [-0.3, -0.25) is 0 Å². The van der Waals surface area contributed by atoms with Gasteiger partial charge in [-0.05, 0) is 44.0 Å². The molecule has 1 saturated carbocycles. The summed E-state index contributed by atoms with van der Waals surface area (Å²) in [6.07, 6.45) is 2.28. The standard InChI is InChI=1S/C15H23NO2/c1-4-17-13-5-7-14(8-6-13)18-15(9-10-15)11-16-12(2)3/h5-8,12,16H,4,9-11H2,1-3H3. The Kier molecular flexibility index (Phi) is 4.12. The lowest BCUT2D eigenvalue weighted by molar-refractivity contribution is 0.172. The van der Waals surface area contributed by atoms with E-state index in [-0.39, 0.29) is 5.60 Å². The average Bonchev–Trinajstić information content (AvgIpc) is 3.10. The van der Waals surface area contributed by atoms with Crippen LogP contribution in [0.3, 0.4) is 0 Å². The van der Waals surface area contributed by atoms with Crippen LogP contribution in [0, 0.1) is 0 Å². The molecule has 0 radical (unpaired) electrons. The molecule has 1 aromatic rings. The minimum atomic E-state index is 0.0252. The summed E-state index contributed by atoms with van der Waals surface area (Å²) < 4.78 is 11.5. The molecule has 0 aliphatic heterocycles. The third kappa shape index (κ3) is 3.64. The summed E-state index contributed by atoms with van der Waals surface area (Å²) in [7, 11) is 0. The topological polar surface area (TPSA) is 30.5 Å². The van der Waals surface area contributed by atoms with Crippen molar-refractivity contribution in [3.05, 3.63) is 24.3 Å². The highest BCUT2D eigenvalue weighted by Crippen LogP contribution is 2.40. The largest absolute Gasteiger partial charge is 0.494 e. The summed E-state index contributed by atoms with van der Waals surface area (Å²) in [5, 5.41) is 3.45. The van der Waals surface area contributed by atoms with Crippen LogP contribution in [0.25, 0.3) is 0 Å². The molecule has 0 saturated heterocycles. The second-order valence-electron chi connectivity index (χ2n) is 5.23. The molecular formula is C15H23NO2. The third-order valence-electron chi connectivity index (χ3n) is 3.11. The Bertz CT molecular complexity index is 369. The molecule has 0 amide bonds. The lowest BCUT2D eigenvalue weighted by atomic mass is 10.2. The molecule has 1 N–H and O–H groups in total. The van der Waals surface area contributed by atoms with Crippen molar-refractivity contribution in [1.82, 2.24) is 5.32 Å². The summed E-state index contributed by atoms with van der Waals surface area (Å²) in [5.41, 5.74) is 0.0252. The molecule has 1 fully saturated rings. The van der Waals surface area contributed by atoms with Gasteiger partial charge in [-0.15, -0.1) is 0 Å². The molecular weight excluding hydrogens is 226 g/mol. The van der Waals surface area contributed by atoms with E-state index in [2.05, 4.69) is 19.2 Å². The molecule has 0 aromatic heterocycles. The first kappa shape index (κ1) is 13.2. The molecule has 0 heterocycles. The van der Waals surface area contributed by atoms with Crippen molar-refractivity contribution in [1.29, 1.82) is 0 Å². The molecule has 2 rings (SSSR count). The first-order valence-electron chi connectivity index (χ1n) is 6.79. The number of nitrogens with one attached hydrogen (secondary N) is 1. The average molecular weight is 249 g/mol. The van der Waals surface area contributed by atoms with E-state index in [9.17, 15) is 0 Å². The van der Waals surface area contributed by atoms with Crippen LogP contribution < -0.4 is 14.8 Å². The van der Waals surface area contributed by atoms with E-state index in [1.165, 1.54) is 0 Å². The van der Waals surface area contributed by atoms with Crippen LogP contribution in [0.15, 0.2) is 24.3 Å². The van der Waals surface area contributed by atoms with Gasteiger partial charge in [0.1, 0.15) is 17.1 Å². The van der Waals surface area contributed by atoms with Gasteiger partial charge in [-0.1, -0.05) is 13.8 Å². The van der Waals surface area contributed by atoms with Gasteiger partial charge in [0.25, 0.3) is 0 Å². The molecule has 0 atom stereocenters. The van der Waals surface area contributed by atoms with Crippen LogP contribution >= 0.6 is 0 Å². The molecule has 18 heavy (non-hydrogen) atoms. The van der Waals surface area contributed by atoms with Crippen molar-refractivity contribution in [3.63, 3.8) is 0 Å². The number of hydrogen-bond acceptors (Lipinski definition) is 3. The highest BCUT2D eigenvalue weighted by Gasteiger charge is 2.45. The van der Waals surface area contributed by atoms with Crippen molar-refractivity contribution in [3.8, 4) is 11.5 Å². The molecule has 3 heteroatoms. The maximum Gasteiger partial charge on any atom is 0.122 e. The molecule has 100 valence electrons. The van der Waals surface area contributed by atoms with Crippen molar-refractivity contribution >= 4 is 0 Å². The van der Waals surface area contributed by atoms with Crippen LogP contribution in [0.2, 0.25) is 0 Å². The Balaban J connectivity index is 1.88. The fourth-order valence-electron chi connectivity index (χ4n) is 1.87. The monoisotopic (exact) mass is 249 g/mol. The smallest absolute Gasteiger partial charge is 0.122 e. The lowest BCUT2D eigenvalue weighted by Gasteiger charge is -2.20. The second kappa shape index (κ2) is 5.61. The number of hydrogen-bond donors (Lipinski definition) is 1. The minimum Gasteiger partial charge on any atom is -0.494 e. The zero-order chi connectivity index (χ0) is 13.0. The van der Waals surface area contributed by atoms with Gasteiger partial charge in [0, 0.05) is 12.6 Å². The van der Waals surface area contributed by atoms with E-state index >= 15 is 0 Å². The molecule has 3 nitrogen and oxygen atoms in total. The fraction of sp³-hybridized carbons (Fsp3) is 0.600. The Labute approximate surface area is 109 Å². The van der Waals surface area contributed by atoms with E-state index in [4.69, 9.17) is 9.47 Å². The van der Waals surface area contributed by atoms with Gasteiger partial charge in [-0.2, -0.15) is 0 Å². The summed E-state index contributed by atoms with van der Waals surface area (Å²) in [4.78, 5) is 0. The maximum atomic E-state index is 6.08. The van der Waals surface area contributed by atoms with Crippen LogP contribution in [0.5, 0.6) is 11.5 Å². The van der Waals surface area contributed by atoms with Gasteiger partial charge in [0.15, 0.2) is 0 Å². The van der Waals surface area contributed by atoms with Crippen molar-refractivity contribution < 1.29 is 9.47 Å². The van der Waals surface area contributed by atoms with Gasteiger partial charge in [0.05, 0.1) is 6.61 Å². The zero-order valence-corrected chi connectivity index (χ0v) is 11.5. The van der Waals surface area contributed by atoms with Crippen LogP contribution in [0.1, 0.15) is 33.6 Å². The lowest BCUT2D eigenvalue weighted by Crippen LogP contribution is -2.36. The second-order valence-corrected chi connectivity index (χ2v) is 5.23. The first-order valence-corrected chi connectivity index (χ1v) is 6.79. The van der Waals surface area contributed by atoms with Gasteiger partial charge in [-0.25, -0.2) is 0 Å². The molecule has 1 aliphatic carbocycles. The predicted octanol–water partition coefficient (Wildman–Crippen LogP) is 2.99. The van der Waals surface area contributed by atoms with E-state index in [1.807, 2.05) is 31.2 Å². The first-order chi connectivity index (χ1) is 8.63. The molecule has 0 bridgehead atoms. The van der Waals surface area contributed by atoms with Crippen LogP contribution in [-0.2, 0) is 0 Å². The van der Waals surface area contributed by atoms with Crippen LogP contribution in [-0.4, -0.2) is 24.8 Å². The summed E-state index contributed by atoms with van der Waals surface area (Å²) in [6, 6.07) is 8.41. The van der Waals surface area contributed by atoms with E-state index < -0.39 is 0 Å².